The maximum atomic E-state index is 4.19. The molecule has 1 heterocycles. The average Bonchev–Trinajstić information content (AvgIpc) is 3.03. The van der Waals surface area contributed by atoms with E-state index in [1.165, 1.54) is 25.7 Å². The molecule has 2 N–H and O–H groups in total. The lowest BCUT2D eigenvalue weighted by atomic mass is 10.3. The standard InChI is InChI=1S/C11H18N4/c1-2-3-6-12-10-7-11(14-8-13-10)15-9-4-5-9/h7-9H,2-6H2,1H3,(H2,12,13,14,15). The van der Waals surface area contributed by atoms with E-state index >= 15 is 0 Å². The van der Waals surface area contributed by atoms with Crippen LogP contribution >= 0.6 is 0 Å². The molecule has 0 aromatic carbocycles. The highest BCUT2D eigenvalue weighted by molar-refractivity contribution is 5.47. The minimum atomic E-state index is 0.642. The van der Waals surface area contributed by atoms with E-state index in [2.05, 4.69) is 27.5 Å². The molecule has 1 aromatic heterocycles. The van der Waals surface area contributed by atoms with Crippen LogP contribution in [0.15, 0.2) is 12.4 Å². The van der Waals surface area contributed by atoms with Crippen molar-refractivity contribution in [2.45, 2.75) is 38.6 Å². The molecular formula is C11H18N4. The molecule has 0 unspecified atom stereocenters. The van der Waals surface area contributed by atoms with Crippen molar-refractivity contribution in [3.63, 3.8) is 0 Å². The lowest BCUT2D eigenvalue weighted by Gasteiger charge is -2.07. The summed E-state index contributed by atoms with van der Waals surface area (Å²) in [5, 5.41) is 6.64. The van der Waals surface area contributed by atoms with Gasteiger partial charge in [-0.1, -0.05) is 13.3 Å². The smallest absolute Gasteiger partial charge is 0.131 e. The van der Waals surface area contributed by atoms with E-state index in [4.69, 9.17) is 0 Å². The number of hydrogen-bond acceptors (Lipinski definition) is 4. The van der Waals surface area contributed by atoms with Crippen LogP contribution < -0.4 is 10.6 Å². The van der Waals surface area contributed by atoms with Gasteiger partial charge >= 0.3 is 0 Å². The first kappa shape index (κ1) is 10.2. The molecule has 4 nitrogen and oxygen atoms in total. The molecule has 0 spiro atoms. The van der Waals surface area contributed by atoms with Crippen molar-refractivity contribution in [3.8, 4) is 0 Å². The van der Waals surface area contributed by atoms with Crippen molar-refractivity contribution in [2.75, 3.05) is 17.2 Å². The molecule has 15 heavy (non-hydrogen) atoms. The first-order valence-electron chi connectivity index (χ1n) is 5.71. The molecular weight excluding hydrogens is 188 g/mol. The molecule has 82 valence electrons. The Morgan fingerprint density at radius 2 is 2.13 bits per heavy atom. The van der Waals surface area contributed by atoms with E-state index in [1.54, 1.807) is 6.33 Å². The van der Waals surface area contributed by atoms with Gasteiger partial charge in [0.25, 0.3) is 0 Å². The molecule has 1 fully saturated rings. The van der Waals surface area contributed by atoms with Gasteiger partial charge in [-0.25, -0.2) is 9.97 Å². The zero-order chi connectivity index (χ0) is 10.5. The molecule has 0 saturated heterocycles. The molecule has 4 heteroatoms. The predicted octanol–water partition coefficient (Wildman–Crippen LogP) is 2.26. The summed E-state index contributed by atoms with van der Waals surface area (Å²) in [6.45, 7) is 3.16. The van der Waals surface area contributed by atoms with Crippen molar-refractivity contribution in [1.82, 2.24) is 9.97 Å². The summed E-state index contributed by atoms with van der Waals surface area (Å²) in [4.78, 5) is 8.36. The molecule has 1 aliphatic rings. The Morgan fingerprint density at radius 3 is 2.87 bits per heavy atom. The number of nitrogens with one attached hydrogen (secondary N) is 2. The number of nitrogens with zero attached hydrogens (tertiary/aromatic N) is 2. The number of hydrogen-bond donors (Lipinski definition) is 2. The van der Waals surface area contributed by atoms with Crippen molar-refractivity contribution in [2.24, 2.45) is 0 Å². The lowest BCUT2D eigenvalue weighted by Crippen LogP contribution is -2.06. The summed E-state index contributed by atoms with van der Waals surface area (Å²) in [7, 11) is 0. The van der Waals surface area contributed by atoms with Gasteiger partial charge in [0, 0.05) is 18.7 Å². The highest BCUT2D eigenvalue weighted by atomic mass is 15.1. The minimum Gasteiger partial charge on any atom is -0.370 e. The summed E-state index contributed by atoms with van der Waals surface area (Å²) in [6.07, 6.45) is 6.52. The van der Waals surface area contributed by atoms with Crippen LogP contribution in [-0.4, -0.2) is 22.6 Å². The highest BCUT2D eigenvalue weighted by Gasteiger charge is 2.21. The maximum absolute atomic E-state index is 4.19. The number of anilines is 2. The number of aromatic nitrogens is 2. The number of unbranched alkanes of at least 4 members (excludes halogenated alkanes) is 1. The van der Waals surface area contributed by atoms with Crippen LogP contribution in [0.3, 0.4) is 0 Å². The maximum Gasteiger partial charge on any atom is 0.131 e. The Hall–Kier alpha value is -1.32. The molecule has 2 rings (SSSR count). The van der Waals surface area contributed by atoms with Crippen LogP contribution in [0, 0.1) is 0 Å². The van der Waals surface area contributed by atoms with Gasteiger partial charge in [-0.3, -0.25) is 0 Å². The monoisotopic (exact) mass is 206 g/mol. The Balaban J connectivity index is 1.86. The second-order valence-electron chi connectivity index (χ2n) is 3.99. The van der Waals surface area contributed by atoms with E-state index in [-0.39, 0.29) is 0 Å². The third-order valence-corrected chi connectivity index (χ3v) is 2.43. The van der Waals surface area contributed by atoms with E-state index in [1.807, 2.05) is 6.07 Å². The number of rotatable bonds is 6. The van der Waals surface area contributed by atoms with Gasteiger partial charge in [-0.15, -0.1) is 0 Å². The molecule has 0 aliphatic heterocycles. The van der Waals surface area contributed by atoms with E-state index in [9.17, 15) is 0 Å². The van der Waals surface area contributed by atoms with E-state index in [0.29, 0.717) is 6.04 Å². The zero-order valence-electron chi connectivity index (χ0n) is 9.16. The minimum absolute atomic E-state index is 0.642. The van der Waals surface area contributed by atoms with Gasteiger partial charge < -0.3 is 10.6 Å². The van der Waals surface area contributed by atoms with Crippen molar-refractivity contribution >= 4 is 11.6 Å². The quantitative estimate of drug-likeness (QED) is 0.701. The second kappa shape index (κ2) is 4.96. The van der Waals surface area contributed by atoms with Crippen LogP contribution in [-0.2, 0) is 0 Å². The van der Waals surface area contributed by atoms with E-state index < -0.39 is 0 Å². The van der Waals surface area contributed by atoms with Gasteiger partial charge in [0.05, 0.1) is 0 Å². The van der Waals surface area contributed by atoms with Gasteiger partial charge in [-0.2, -0.15) is 0 Å². The van der Waals surface area contributed by atoms with Gasteiger partial charge in [-0.05, 0) is 19.3 Å². The fourth-order valence-corrected chi connectivity index (χ4v) is 1.36. The SMILES string of the molecule is CCCCNc1cc(NC2CC2)ncn1. The first-order valence-corrected chi connectivity index (χ1v) is 5.71. The van der Waals surface area contributed by atoms with Gasteiger partial charge in [0.1, 0.15) is 18.0 Å². The molecule has 0 radical (unpaired) electrons. The Bertz CT molecular complexity index is 309. The summed E-state index contributed by atoms with van der Waals surface area (Å²) in [6, 6.07) is 2.62. The van der Waals surface area contributed by atoms with Crippen molar-refractivity contribution < 1.29 is 0 Å². The fraction of sp³-hybridized carbons (Fsp3) is 0.636. The third-order valence-electron chi connectivity index (χ3n) is 2.43. The normalized spacial score (nSPS) is 15.0. The topological polar surface area (TPSA) is 49.8 Å². The summed E-state index contributed by atoms with van der Waals surface area (Å²) < 4.78 is 0. The fourth-order valence-electron chi connectivity index (χ4n) is 1.36. The van der Waals surface area contributed by atoms with Crippen LogP contribution in [0.2, 0.25) is 0 Å². The summed E-state index contributed by atoms with van der Waals surface area (Å²) >= 11 is 0. The second-order valence-corrected chi connectivity index (χ2v) is 3.99. The van der Waals surface area contributed by atoms with Crippen LogP contribution in [0.1, 0.15) is 32.6 Å². The average molecular weight is 206 g/mol. The Kier molecular flexibility index (Phi) is 3.37. The molecule has 1 aliphatic carbocycles. The van der Waals surface area contributed by atoms with Gasteiger partial charge in [0.2, 0.25) is 0 Å². The molecule has 1 aromatic rings. The van der Waals surface area contributed by atoms with E-state index in [0.717, 1.165) is 18.2 Å². The molecule has 0 bridgehead atoms. The third kappa shape index (κ3) is 3.38. The van der Waals surface area contributed by atoms with Crippen molar-refractivity contribution in [1.29, 1.82) is 0 Å². The van der Waals surface area contributed by atoms with Crippen LogP contribution in [0.4, 0.5) is 11.6 Å². The first-order chi connectivity index (χ1) is 7.38. The Labute approximate surface area is 90.5 Å². The highest BCUT2D eigenvalue weighted by Crippen LogP contribution is 2.23. The molecule has 1 saturated carbocycles. The van der Waals surface area contributed by atoms with Crippen molar-refractivity contribution in [3.05, 3.63) is 12.4 Å². The summed E-state index contributed by atoms with van der Waals surface area (Å²) in [5.74, 6) is 1.85. The van der Waals surface area contributed by atoms with Crippen LogP contribution in [0.5, 0.6) is 0 Å². The van der Waals surface area contributed by atoms with Crippen LogP contribution in [0.25, 0.3) is 0 Å². The van der Waals surface area contributed by atoms with Gasteiger partial charge in [0.15, 0.2) is 0 Å². The Morgan fingerprint density at radius 1 is 1.33 bits per heavy atom. The molecule has 0 amide bonds. The molecule has 0 atom stereocenters. The zero-order valence-corrected chi connectivity index (χ0v) is 9.16. The summed E-state index contributed by atoms with van der Waals surface area (Å²) in [5.41, 5.74) is 0. The lowest BCUT2D eigenvalue weighted by molar-refractivity contribution is 0.830. The predicted molar refractivity (Wildman–Crippen MR) is 62.1 cm³/mol. The largest absolute Gasteiger partial charge is 0.370 e.